The molecule has 2 aromatic rings. The van der Waals surface area contributed by atoms with Gasteiger partial charge in [-0.3, -0.25) is 14.6 Å². The van der Waals surface area contributed by atoms with Crippen molar-refractivity contribution in [1.82, 2.24) is 14.7 Å². The highest BCUT2D eigenvalue weighted by Gasteiger charge is 2.19. The minimum atomic E-state index is 0.184. The smallest absolute Gasteiger partial charge is 0.236 e. The van der Waals surface area contributed by atoms with Gasteiger partial charge in [-0.25, -0.2) is 0 Å². The second kappa shape index (κ2) is 9.65. The van der Waals surface area contributed by atoms with Crippen molar-refractivity contribution in [3.63, 3.8) is 0 Å². The molecule has 27 heavy (non-hydrogen) atoms. The lowest BCUT2D eigenvalue weighted by Gasteiger charge is -2.24. The van der Waals surface area contributed by atoms with Crippen molar-refractivity contribution < 1.29 is 4.79 Å². The minimum Gasteiger partial charge on any atom is -0.340 e. The molecular weight excluding hydrogens is 356 g/mol. The Labute approximate surface area is 165 Å². The van der Waals surface area contributed by atoms with Crippen molar-refractivity contribution in [2.45, 2.75) is 19.5 Å². The Bertz CT molecular complexity index is 766. The molecule has 1 aliphatic rings. The molecule has 6 heteroatoms. The summed E-state index contributed by atoms with van der Waals surface area (Å²) in [6.07, 6.45) is 1.07. The molecule has 5 nitrogen and oxygen atoms in total. The monoisotopic (exact) mass is 382 g/mol. The quantitative estimate of drug-likeness (QED) is 0.771. The Hall–Kier alpha value is -2.20. The summed E-state index contributed by atoms with van der Waals surface area (Å²) < 4.78 is 0. The lowest BCUT2D eigenvalue weighted by atomic mass is 10.1. The van der Waals surface area contributed by atoms with Crippen LogP contribution in [0.3, 0.4) is 0 Å². The fourth-order valence-electron chi connectivity index (χ4n) is 3.32. The van der Waals surface area contributed by atoms with Gasteiger partial charge in [-0.15, -0.1) is 11.3 Å². The highest BCUT2D eigenvalue weighted by Crippen LogP contribution is 2.13. The van der Waals surface area contributed by atoms with Crippen molar-refractivity contribution in [1.29, 1.82) is 5.26 Å². The van der Waals surface area contributed by atoms with Crippen molar-refractivity contribution in [3.8, 4) is 6.07 Å². The number of hydrogen-bond acceptors (Lipinski definition) is 5. The third-order valence-electron chi connectivity index (χ3n) is 4.93. The fourth-order valence-corrected chi connectivity index (χ4v) is 4.08. The lowest BCUT2D eigenvalue weighted by Crippen LogP contribution is -2.39. The van der Waals surface area contributed by atoms with Crippen LogP contribution in [0, 0.1) is 11.3 Å². The van der Waals surface area contributed by atoms with E-state index in [1.165, 1.54) is 10.4 Å². The molecule has 1 fully saturated rings. The second-order valence-corrected chi connectivity index (χ2v) is 8.08. The first-order valence-electron chi connectivity index (χ1n) is 9.34. The summed E-state index contributed by atoms with van der Waals surface area (Å²) in [5.41, 5.74) is 1.93. The maximum Gasteiger partial charge on any atom is 0.236 e. The van der Waals surface area contributed by atoms with Gasteiger partial charge in [0.05, 0.1) is 24.7 Å². The maximum atomic E-state index is 12.5. The number of thiophene rings is 1. The molecule has 0 saturated carbocycles. The van der Waals surface area contributed by atoms with Crippen LogP contribution in [0.5, 0.6) is 0 Å². The molecule has 0 unspecified atom stereocenters. The largest absolute Gasteiger partial charge is 0.340 e. The Kier molecular flexibility index (Phi) is 6.99. The van der Waals surface area contributed by atoms with Crippen LogP contribution in [0.1, 0.15) is 22.4 Å². The summed E-state index contributed by atoms with van der Waals surface area (Å²) in [4.78, 5) is 20.3. The predicted molar refractivity (Wildman–Crippen MR) is 108 cm³/mol. The van der Waals surface area contributed by atoms with Crippen LogP contribution in [0.15, 0.2) is 41.8 Å². The highest BCUT2D eigenvalue weighted by molar-refractivity contribution is 7.09. The third kappa shape index (κ3) is 5.90. The van der Waals surface area contributed by atoms with Crippen molar-refractivity contribution in [2.75, 3.05) is 39.8 Å². The van der Waals surface area contributed by atoms with Gasteiger partial charge in [0.2, 0.25) is 5.91 Å². The average Bonchev–Trinajstić information content (AvgIpc) is 3.09. The number of rotatable bonds is 6. The third-order valence-corrected chi connectivity index (χ3v) is 5.79. The van der Waals surface area contributed by atoms with Gasteiger partial charge in [0, 0.05) is 31.6 Å². The van der Waals surface area contributed by atoms with Crippen LogP contribution in [0.2, 0.25) is 0 Å². The Morgan fingerprint density at radius 1 is 1.15 bits per heavy atom. The predicted octanol–water partition coefficient (Wildman–Crippen LogP) is 2.79. The molecule has 0 spiro atoms. The van der Waals surface area contributed by atoms with Crippen LogP contribution in [-0.4, -0.2) is 60.4 Å². The Morgan fingerprint density at radius 3 is 2.59 bits per heavy atom. The second-order valence-electron chi connectivity index (χ2n) is 7.04. The van der Waals surface area contributed by atoms with Crippen LogP contribution in [0.4, 0.5) is 0 Å². The van der Waals surface area contributed by atoms with Crippen LogP contribution in [0.25, 0.3) is 0 Å². The van der Waals surface area contributed by atoms with E-state index in [1.807, 2.05) is 47.7 Å². The van der Waals surface area contributed by atoms with E-state index in [9.17, 15) is 4.79 Å². The summed E-state index contributed by atoms with van der Waals surface area (Å²) in [6.45, 7) is 5.95. The molecule has 0 bridgehead atoms. The van der Waals surface area contributed by atoms with Gasteiger partial charge < -0.3 is 4.90 Å². The van der Waals surface area contributed by atoms with Gasteiger partial charge >= 0.3 is 0 Å². The molecule has 142 valence electrons. The molecule has 2 heterocycles. The van der Waals surface area contributed by atoms with Crippen molar-refractivity contribution in [2.24, 2.45) is 0 Å². The number of carbonyl (C=O) groups is 1. The normalized spacial score (nSPS) is 15.9. The topological polar surface area (TPSA) is 50.6 Å². The summed E-state index contributed by atoms with van der Waals surface area (Å²) in [6, 6.07) is 14.1. The molecule has 0 radical (unpaired) electrons. The summed E-state index contributed by atoms with van der Waals surface area (Å²) in [5, 5.41) is 10.9. The van der Waals surface area contributed by atoms with Crippen LogP contribution < -0.4 is 0 Å². The van der Waals surface area contributed by atoms with Gasteiger partial charge in [-0.1, -0.05) is 18.2 Å². The SMILES string of the molecule is CN(Cc1cccs1)C(=O)CN1CCCN(Cc2ccc(C#N)cc2)CC1. The van der Waals surface area contributed by atoms with E-state index in [4.69, 9.17) is 5.26 Å². The van der Waals surface area contributed by atoms with Crippen molar-refractivity contribution in [3.05, 3.63) is 57.8 Å². The molecule has 3 rings (SSSR count). The number of likely N-dealkylation sites (N-methyl/N-ethyl adjacent to an activating group) is 1. The Balaban J connectivity index is 1.46. The van der Waals surface area contributed by atoms with E-state index < -0.39 is 0 Å². The van der Waals surface area contributed by atoms with Gasteiger partial charge in [-0.05, 0) is 48.7 Å². The number of nitriles is 1. The molecule has 0 aliphatic carbocycles. The molecule has 1 aromatic heterocycles. The van der Waals surface area contributed by atoms with Crippen LogP contribution >= 0.6 is 11.3 Å². The highest BCUT2D eigenvalue weighted by atomic mass is 32.1. The zero-order valence-electron chi connectivity index (χ0n) is 15.8. The van der Waals surface area contributed by atoms with E-state index in [0.717, 1.165) is 39.1 Å². The summed E-state index contributed by atoms with van der Waals surface area (Å²) in [5.74, 6) is 0.184. The number of nitrogens with zero attached hydrogens (tertiary/aromatic N) is 4. The minimum absolute atomic E-state index is 0.184. The number of hydrogen-bond donors (Lipinski definition) is 0. The van der Waals surface area contributed by atoms with Crippen molar-refractivity contribution >= 4 is 17.2 Å². The van der Waals surface area contributed by atoms with Crippen LogP contribution in [-0.2, 0) is 17.9 Å². The van der Waals surface area contributed by atoms with Gasteiger partial charge in [0.15, 0.2) is 0 Å². The zero-order chi connectivity index (χ0) is 19.1. The summed E-state index contributed by atoms with van der Waals surface area (Å²) >= 11 is 1.69. The molecule has 0 atom stereocenters. The molecular formula is C21H26N4OS. The van der Waals surface area contributed by atoms with Gasteiger partial charge in [0.1, 0.15) is 0 Å². The van der Waals surface area contributed by atoms with E-state index >= 15 is 0 Å². The Morgan fingerprint density at radius 2 is 1.89 bits per heavy atom. The van der Waals surface area contributed by atoms with E-state index in [0.29, 0.717) is 18.7 Å². The maximum absolute atomic E-state index is 12.5. The molecule has 0 N–H and O–H groups in total. The van der Waals surface area contributed by atoms with Gasteiger partial charge in [-0.2, -0.15) is 5.26 Å². The van der Waals surface area contributed by atoms with E-state index in [1.54, 1.807) is 11.3 Å². The average molecular weight is 383 g/mol. The first kappa shape index (κ1) is 19.6. The number of carbonyl (C=O) groups excluding carboxylic acids is 1. The first-order chi connectivity index (χ1) is 13.1. The molecule has 1 aliphatic heterocycles. The molecule has 1 saturated heterocycles. The van der Waals surface area contributed by atoms with Gasteiger partial charge in [0.25, 0.3) is 0 Å². The number of amides is 1. The van der Waals surface area contributed by atoms with E-state index in [-0.39, 0.29) is 5.91 Å². The molecule has 1 aromatic carbocycles. The first-order valence-corrected chi connectivity index (χ1v) is 10.2. The fraction of sp³-hybridized carbons (Fsp3) is 0.429. The molecule has 1 amide bonds. The standard InChI is InChI=1S/C21H26N4OS/c1-23(16-20-4-2-13-27-20)21(26)17-25-10-3-9-24(11-12-25)15-19-7-5-18(14-22)6-8-19/h2,4-8,13H,3,9-12,15-17H2,1H3. The number of benzene rings is 1. The summed E-state index contributed by atoms with van der Waals surface area (Å²) in [7, 11) is 1.89. The zero-order valence-corrected chi connectivity index (χ0v) is 16.6. The van der Waals surface area contributed by atoms with E-state index in [2.05, 4.69) is 21.9 Å². The lowest BCUT2D eigenvalue weighted by molar-refractivity contribution is -0.131.